The predicted molar refractivity (Wildman–Crippen MR) is 179 cm³/mol. The van der Waals surface area contributed by atoms with Gasteiger partial charge < -0.3 is 20.7 Å². The van der Waals surface area contributed by atoms with Crippen molar-refractivity contribution in [2.75, 3.05) is 14.2 Å². The highest BCUT2D eigenvalue weighted by Gasteiger charge is 2.65. The van der Waals surface area contributed by atoms with Crippen LogP contribution in [0.5, 0.6) is 0 Å². The molecule has 0 heterocycles. The lowest BCUT2D eigenvalue weighted by Crippen LogP contribution is -2.61. The summed E-state index contributed by atoms with van der Waals surface area (Å²) in [6.45, 7) is 15.5. The molecule has 6 heteroatoms. The zero-order chi connectivity index (χ0) is 32.9. The maximum atomic E-state index is 12.0. The van der Waals surface area contributed by atoms with Crippen LogP contribution in [0.25, 0.3) is 5.57 Å². The maximum Gasteiger partial charge on any atom is 0.337 e. The largest absolute Gasteiger partial charge is 0.465 e. The van der Waals surface area contributed by atoms with E-state index in [1.54, 1.807) is 6.08 Å². The molecule has 44 heavy (non-hydrogen) atoms. The first kappa shape index (κ1) is 36.0. The summed E-state index contributed by atoms with van der Waals surface area (Å²) in [6.07, 6.45) is 16.8. The molecule has 4 N–H and O–H groups in total. The molecule has 1 amide bonds. The first-order chi connectivity index (χ1) is 20.9. The predicted octanol–water partition coefficient (Wildman–Crippen LogP) is 7.58. The van der Waals surface area contributed by atoms with Crippen molar-refractivity contribution < 1.29 is 24.5 Å². The third-order valence-electron chi connectivity index (χ3n) is 12.7. The molecule has 4 saturated carbocycles. The van der Waals surface area contributed by atoms with Crippen LogP contribution in [0.4, 0.5) is 0 Å². The van der Waals surface area contributed by atoms with Gasteiger partial charge in [-0.15, -0.1) is 6.58 Å². The van der Waals surface area contributed by atoms with Gasteiger partial charge in [-0.2, -0.15) is 0 Å². The SMILES string of the molecule is C=CC.CO.COC(=O)c1ccc(C2=CCC3(C)C(CCC4(C)C5CCC6(O)CCCC6C5CCC43)C2(C)C)cc1.NC=O. The summed E-state index contributed by atoms with van der Waals surface area (Å²) in [5, 5.41) is 18.4. The Labute approximate surface area is 266 Å². The lowest BCUT2D eigenvalue weighted by molar-refractivity contribution is -0.189. The number of methoxy groups -OCH3 is 1. The molecule has 5 aliphatic carbocycles. The minimum atomic E-state index is -0.348. The van der Waals surface area contributed by atoms with Gasteiger partial charge in [0.2, 0.25) is 6.41 Å². The maximum absolute atomic E-state index is 12.0. The highest BCUT2D eigenvalue weighted by Crippen LogP contribution is 2.72. The third kappa shape index (κ3) is 6.18. The van der Waals surface area contributed by atoms with Crippen molar-refractivity contribution in [3.8, 4) is 0 Å². The van der Waals surface area contributed by atoms with Crippen LogP contribution in [0, 0.1) is 45.8 Å². The Hall–Kier alpha value is -2.44. The molecular weight excluding hydrogens is 550 g/mol. The second-order valence-electron chi connectivity index (χ2n) is 14.8. The molecule has 1 aromatic carbocycles. The van der Waals surface area contributed by atoms with Gasteiger partial charge in [0.15, 0.2) is 0 Å². The highest BCUT2D eigenvalue weighted by atomic mass is 16.5. The second-order valence-corrected chi connectivity index (χ2v) is 14.8. The topological polar surface area (TPSA) is 110 Å². The molecule has 0 radical (unpaired) electrons. The number of fused-ring (bicyclic) bond motifs is 7. The molecular formula is C38H59NO5. The standard InChI is InChI=1S/C33H46O3.C3H6.CH3NO.CH4O/c1-30(2)24(21-8-10-22(11-9-21)29(34)36-5)14-18-32(4)27(30)16-19-31(3)25-15-20-33(35)17-6-7-26(33)23(25)12-13-28(31)32;1-3-2;2-1-3;1-2/h8-11,14,23,25-28,35H,6-7,12-13,15-20H2,1-5H3;3H,1H2,2H3;1H,(H2,2,3);2H,1H3. The number of carbonyl (C=O) groups is 2. The lowest BCUT2D eigenvalue weighted by atomic mass is 9.37. The number of hydrogen-bond acceptors (Lipinski definition) is 5. The molecule has 6 rings (SSSR count). The fourth-order valence-corrected chi connectivity index (χ4v) is 11.2. The van der Waals surface area contributed by atoms with E-state index in [0.717, 1.165) is 44.1 Å². The molecule has 6 nitrogen and oxygen atoms in total. The Morgan fingerprint density at radius 3 is 2.14 bits per heavy atom. The van der Waals surface area contributed by atoms with E-state index in [9.17, 15) is 9.90 Å². The van der Waals surface area contributed by atoms with Crippen molar-refractivity contribution in [1.82, 2.24) is 0 Å². The summed E-state index contributed by atoms with van der Waals surface area (Å²) in [7, 11) is 2.44. The zero-order valence-electron chi connectivity index (χ0n) is 28.4. The number of rotatable bonds is 2. The van der Waals surface area contributed by atoms with Crippen molar-refractivity contribution in [2.45, 2.75) is 104 Å². The summed E-state index contributed by atoms with van der Waals surface area (Å²) in [4.78, 5) is 20.5. The Bertz CT molecular complexity index is 1170. The minimum absolute atomic E-state index is 0.0935. The van der Waals surface area contributed by atoms with Crippen LogP contribution >= 0.6 is 0 Å². The van der Waals surface area contributed by atoms with Crippen LogP contribution < -0.4 is 5.73 Å². The number of carbonyl (C=O) groups excluding carboxylic acids is 2. The van der Waals surface area contributed by atoms with Gasteiger partial charge in [-0.3, -0.25) is 4.79 Å². The Morgan fingerprint density at radius 1 is 0.932 bits per heavy atom. The molecule has 8 atom stereocenters. The summed E-state index contributed by atoms with van der Waals surface area (Å²) in [5.41, 5.74) is 7.96. The molecule has 0 aliphatic heterocycles. The molecule has 4 fully saturated rings. The van der Waals surface area contributed by atoms with E-state index in [4.69, 9.17) is 14.6 Å². The molecule has 1 aromatic rings. The molecule has 246 valence electrons. The van der Waals surface area contributed by atoms with E-state index in [1.165, 1.54) is 63.2 Å². The molecule has 0 bridgehead atoms. The number of ether oxygens (including phenoxy) is 1. The van der Waals surface area contributed by atoms with E-state index >= 15 is 0 Å². The van der Waals surface area contributed by atoms with Crippen LogP contribution in [-0.4, -0.2) is 42.4 Å². The van der Waals surface area contributed by atoms with Gasteiger partial charge in [-0.1, -0.05) is 58.4 Å². The number of amides is 1. The van der Waals surface area contributed by atoms with Gasteiger partial charge in [-0.25, -0.2) is 4.79 Å². The Balaban J connectivity index is 0.000000603. The number of aliphatic hydroxyl groups is 2. The van der Waals surface area contributed by atoms with Gasteiger partial charge in [-0.05, 0) is 134 Å². The molecule has 0 aromatic heterocycles. The van der Waals surface area contributed by atoms with Crippen molar-refractivity contribution in [3.05, 3.63) is 54.1 Å². The molecule has 8 unspecified atom stereocenters. The number of allylic oxidation sites excluding steroid dienone is 3. The minimum Gasteiger partial charge on any atom is -0.465 e. The van der Waals surface area contributed by atoms with Gasteiger partial charge >= 0.3 is 5.97 Å². The number of benzene rings is 1. The fourth-order valence-electron chi connectivity index (χ4n) is 11.2. The summed E-state index contributed by atoms with van der Waals surface area (Å²) in [5.74, 6) is 3.23. The highest BCUT2D eigenvalue weighted by molar-refractivity contribution is 5.89. The van der Waals surface area contributed by atoms with Crippen LogP contribution in [-0.2, 0) is 9.53 Å². The average Bonchev–Trinajstić information content (AvgIpc) is 3.40. The van der Waals surface area contributed by atoms with E-state index in [1.807, 2.05) is 19.1 Å². The van der Waals surface area contributed by atoms with Gasteiger partial charge in [0.05, 0.1) is 18.3 Å². The number of nitrogens with two attached hydrogens (primary N) is 1. The number of primary amides is 1. The summed E-state index contributed by atoms with van der Waals surface area (Å²) >= 11 is 0. The number of hydrogen-bond donors (Lipinski definition) is 3. The van der Waals surface area contributed by atoms with Crippen molar-refractivity contribution in [2.24, 2.45) is 51.6 Å². The van der Waals surface area contributed by atoms with Gasteiger partial charge in [0, 0.05) is 7.11 Å². The van der Waals surface area contributed by atoms with Crippen LogP contribution in [0.3, 0.4) is 0 Å². The zero-order valence-corrected chi connectivity index (χ0v) is 28.4. The Morgan fingerprint density at radius 2 is 1.55 bits per heavy atom. The quantitative estimate of drug-likeness (QED) is 0.182. The number of esters is 1. The first-order valence-corrected chi connectivity index (χ1v) is 16.7. The summed E-state index contributed by atoms with van der Waals surface area (Å²) < 4.78 is 4.91. The molecule has 0 spiro atoms. The van der Waals surface area contributed by atoms with E-state index < -0.39 is 0 Å². The smallest absolute Gasteiger partial charge is 0.337 e. The van der Waals surface area contributed by atoms with Crippen molar-refractivity contribution in [3.63, 3.8) is 0 Å². The van der Waals surface area contributed by atoms with Crippen LogP contribution in [0.1, 0.15) is 115 Å². The lowest BCUT2D eigenvalue weighted by Gasteiger charge is -2.68. The normalized spacial score (nSPS) is 37.5. The number of aliphatic hydroxyl groups excluding tert-OH is 1. The summed E-state index contributed by atoms with van der Waals surface area (Å²) in [6, 6.07) is 8.06. The van der Waals surface area contributed by atoms with E-state index in [2.05, 4.69) is 58.2 Å². The first-order valence-electron chi connectivity index (χ1n) is 16.7. The van der Waals surface area contributed by atoms with Gasteiger partial charge in [0.25, 0.3) is 0 Å². The second kappa shape index (κ2) is 14.3. The van der Waals surface area contributed by atoms with Crippen molar-refractivity contribution >= 4 is 18.0 Å². The monoisotopic (exact) mass is 609 g/mol. The van der Waals surface area contributed by atoms with Gasteiger partial charge in [0.1, 0.15) is 0 Å². The van der Waals surface area contributed by atoms with Crippen LogP contribution in [0.2, 0.25) is 0 Å². The average molecular weight is 610 g/mol. The van der Waals surface area contributed by atoms with E-state index in [0.29, 0.717) is 28.2 Å². The van der Waals surface area contributed by atoms with Crippen molar-refractivity contribution in [1.29, 1.82) is 0 Å². The molecule has 0 saturated heterocycles. The van der Waals surface area contributed by atoms with E-state index in [-0.39, 0.29) is 23.4 Å². The van der Waals surface area contributed by atoms with Crippen LogP contribution in [0.15, 0.2) is 43.0 Å². The third-order valence-corrected chi connectivity index (χ3v) is 12.7. The Kier molecular flexibility index (Phi) is 11.7. The molecule has 5 aliphatic rings. The fraction of sp³-hybridized carbons (Fsp3) is 0.684.